The van der Waals surface area contributed by atoms with E-state index in [0.717, 1.165) is 0 Å². The molecule has 1 atom stereocenters. The molecule has 0 aliphatic carbocycles. The summed E-state index contributed by atoms with van der Waals surface area (Å²) in [6.07, 6.45) is 5.51. The van der Waals surface area contributed by atoms with Crippen LogP contribution in [0.1, 0.15) is 32.6 Å². The first kappa shape index (κ1) is 7.56. The smallest absolute Gasteiger partial charge is 0.0683 e. The fourth-order valence-corrected chi connectivity index (χ4v) is 2.12. The molecule has 2 nitrogen and oxygen atoms in total. The second-order valence-corrected chi connectivity index (χ2v) is 4.00. The van der Waals surface area contributed by atoms with Crippen LogP contribution in [0.5, 0.6) is 0 Å². The minimum absolute atomic E-state index is 0.358. The van der Waals surface area contributed by atoms with Crippen molar-refractivity contribution >= 4 is 0 Å². The molecule has 0 aromatic rings. The Bertz CT molecular complexity index is 134. The predicted octanol–water partition coefficient (Wildman–Crippen LogP) is 1.18. The van der Waals surface area contributed by atoms with Crippen LogP contribution in [0.15, 0.2) is 0 Å². The standard InChI is InChI=1S/C9H18N2/c1-9(11-7-4-8-11)5-2-3-6-10-9/h10H,2-8H2,1H3. The van der Waals surface area contributed by atoms with Crippen LogP contribution in [0.3, 0.4) is 0 Å². The molecule has 2 fully saturated rings. The van der Waals surface area contributed by atoms with Crippen molar-refractivity contribution in [3.05, 3.63) is 0 Å². The molecule has 2 aliphatic rings. The zero-order valence-corrected chi connectivity index (χ0v) is 7.40. The van der Waals surface area contributed by atoms with Crippen LogP contribution in [0, 0.1) is 0 Å². The van der Waals surface area contributed by atoms with E-state index in [2.05, 4.69) is 17.1 Å². The lowest BCUT2D eigenvalue weighted by Crippen LogP contribution is -2.63. The van der Waals surface area contributed by atoms with E-state index < -0.39 is 0 Å². The van der Waals surface area contributed by atoms with Crippen molar-refractivity contribution in [2.75, 3.05) is 19.6 Å². The molecule has 11 heavy (non-hydrogen) atoms. The van der Waals surface area contributed by atoms with Crippen molar-refractivity contribution in [1.82, 2.24) is 10.2 Å². The Morgan fingerprint density at radius 2 is 2.00 bits per heavy atom. The highest BCUT2D eigenvalue weighted by molar-refractivity contribution is 4.90. The van der Waals surface area contributed by atoms with Gasteiger partial charge in [-0.25, -0.2) is 0 Å². The number of rotatable bonds is 1. The Morgan fingerprint density at radius 3 is 2.45 bits per heavy atom. The van der Waals surface area contributed by atoms with E-state index in [-0.39, 0.29) is 0 Å². The van der Waals surface area contributed by atoms with Crippen molar-refractivity contribution in [3.63, 3.8) is 0 Å². The van der Waals surface area contributed by atoms with E-state index in [1.54, 1.807) is 0 Å². The van der Waals surface area contributed by atoms with Crippen molar-refractivity contribution in [2.24, 2.45) is 0 Å². The molecule has 1 unspecified atom stereocenters. The van der Waals surface area contributed by atoms with Gasteiger partial charge in [0.15, 0.2) is 0 Å². The van der Waals surface area contributed by atoms with E-state index >= 15 is 0 Å². The molecule has 2 heteroatoms. The summed E-state index contributed by atoms with van der Waals surface area (Å²) < 4.78 is 0. The Labute approximate surface area is 69.0 Å². The van der Waals surface area contributed by atoms with Crippen LogP contribution in [0.2, 0.25) is 0 Å². The van der Waals surface area contributed by atoms with Gasteiger partial charge in [-0.2, -0.15) is 0 Å². The second kappa shape index (κ2) is 2.76. The molecule has 0 aromatic heterocycles. The van der Waals surface area contributed by atoms with E-state index in [1.165, 1.54) is 45.3 Å². The fraction of sp³-hybridized carbons (Fsp3) is 1.00. The van der Waals surface area contributed by atoms with Crippen LogP contribution in [0.25, 0.3) is 0 Å². The van der Waals surface area contributed by atoms with E-state index in [4.69, 9.17) is 0 Å². The molecular weight excluding hydrogens is 136 g/mol. The molecule has 0 bridgehead atoms. The molecule has 0 aromatic carbocycles. The van der Waals surface area contributed by atoms with Crippen LogP contribution in [0.4, 0.5) is 0 Å². The molecule has 2 aliphatic heterocycles. The maximum Gasteiger partial charge on any atom is 0.0683 e. The van der Waals surface area contributed by atoms with Gasteiger partial charge in [0.2, 0.25) is 0 Å². The summed E-state index contributed by atoms with van der Waals surface area (Å²) in [5, 5.41) is 3.62. The first-order chi connectivity index (χ1) is 5.31. The summed E-state index contributed by atoms with van der Waals surface area (Å²) in [7, 11) is 0. The van der Waals surface area contributed by atoms with Gasteiger partial charge in [0.05, 0.1) is 5.66 Å². The third kappa shape index (κ3) is 1.30. The minimum Gasteiger partial charge on any atom is -0.299 e. The van der Waals surface area contributed by atoms with Gasteiger partial charge in [0.1, 0.15) is 0 Å². The number of hydrogen-bond acceptors (Lipinski definition) is 2. The Hall–Kier alpha value is -0.0800. The van der Waals surface area contributed by atoms with Crippen molar-refractivity contribution in [3.8, 4) is 0 Å². The van der Waals surface area contributed by atoms with Gasteiger partial charge in [-0.05, 0) is 39.2 Å². The molecule has 0 amide bonds. The topological polar surface area (TPSA) is 15.3 Å². The lowest BCUT2D eigenvalue weighted by Gasteiger charge is -2.49. The Morgan fingerprint density at radius 1 is 1.18 bits per heavy atom. The van der Waals surface area contributed by atoms with Gasteiger partial charge in [-0.1, -0.05) is 0 Å². The summed E-state index contributed by atoms with van der Waals surface area (Å²) >= 11 is 0. The van der Waals surface area contributed by atoms with Crippen molar-refractivity contribution in [2.45, 2.75) is 38.3 Å². The zero-order valence-electron chi connectivity index (χ0n) is 7.40. The summed E-state index contributed by atoms with van der Waals surface area (Å²) in [5.74, 6) is 0. The van der Waals surface area contributed by atoms with Crippen molar-refractivity contribution < 1.29 is 0 Å². The highest BCUT2D eigenvalue weighted by atomic mass is 15.3. The molecule has 2 saturated heterocycles. The molecule has 1 N–H and O–H groups in total. The molecule has 2 rings (SSSR count). The first-order valence-corrected chi connectivity index (χ1v) is 4.81. The van der Waals surface area contributed by atoms with Crippen LogP contribution in [-0.2, 0) is 0 Å². The molecule has 2 heterocycles. The highest BCUT2D eigenvalue weighted by Crippen LogP contribution is 2.26. The summed E-state index contributed by atoms with van der Waals surface area (Å²) in [6.45, 7) is 6.19. The maximum atomic E-state index is 3.62. The van der Waals surface area contributed by atoms with Gasteiger partial charge in [-0.15, -0.1) is 0 Å². The van der Waals surface area contributed by atoms with Gasteiger partial charge in [-0.3, -0.25) is 10.2 Å². The molecule has 0 spiro atoms. The first-order valence-electron chi connectivity index (χ1n) is 4.81. The summed E-state index contributed by atoms with van der Waals surface area (Å²) in [6, 6.07) is 0. The molecule has 0 saturated carbocycles. The molecule has 64 valence electrons. The van der Waals surface area contributed by atoms with Gasteiger partial charge >= 0.3 is 0 Å². The largest absolute Gasteiger partial charge is 0.299 e. The van der Waals surface area contributed by atoms with E-state index in [9.17, 15) is 0 Å². The number of nitrogens with zero attached hydrogens (tertiary/aromatic N) is 1. The highest BCUT2D eigenvalue weighted by Gasteiger charge is 2.35. The quantitative estimate of drug-likeness (QED) is 0.610. The number of nitrogens with one attached hydrogen (secondary N) is 1. The third-order valence-electron chi connectivity index (χ3n) is 3.15. The van der Waals surface area contributed by atoms with Crippen molar-refractivity contribution in [1.29, 1.82) is 0 Å². The molecule has 0 radical (unpaired) electrons. The number of piperidine rings is 1. The average Bonchev–Trinajstić information content (AvgIpc) is 1.83. The molecular formula is C9H18N2. The third-order valence-corrected chi connectivity index (χ3v) is 3.15. The average molecular weight is 154 g/mol. The van der Waals surface area contributed by atoms with Crippen LogP contribution in [-0.4, -0.2) is 30.2 Å². The van der Waals surface area contributed by atoms with Crippen LogP contribution >= 0.6 is 0 Å². The fourth-order valence-electron chi connectivity index (χ4n) is 2.12. The number of hydrogen-bond donors (Lipinski definition) is 1. The summed E-state index contributed by atoms with van der Waals surface area (Å²) in [4.78, 5) is 2.58. The SMILES string of the molecule is CC1(N2CCC2)CCCCN1. The zero-order chi connectivity index (χ0) is 7.73. The van der Waals surface area contributed by atoms with Gasteiger partial charge in [0, 0.05) is 13.1 Å². The Balaban J connectivity index is 1.94. The lowest BCUT2D eigenvalue weighted by atomic mass is 9.95. The summed E-state index contributed by atoms with van der Waals surface area (Å²) in [5.41, 5.74) is 0.358. The van der Waals surface area contributed by atoms with E-state index in [0.29, 0.717) is 5.66 Å². The van der Waals surface area contributed by atoms with Gasteiger partial charge < -0.3 is 0 Å². The Kier molecular flexibility index (Phi) is 1.90. The monoisotopic (exact) mass is 154 g/mol. The maximum absolute atomic E-state index is 3.62. The lowest BCUT2D eigenvalue weighted by molar-refractivity contribution is -0.00266. The predicted molar refractivity (Wildman–Crippen MR) is 46.4 cm³/mol. The normalized spacial score (nSPS) is 40.1. The van der Waals surface area contributed by atoms with E-state index in [1.807, 2.05) is 0 Å². The second-order valence-electron chi connectivity index (χ2n) is 4.00. The van der Waals surface area contributed by atoms with Crippen LogP contribution < -0.4 is 5.32 Å². The number of likely N-dealkylation sites (tertiary alicyclic amines) is 1. The minimum atomic E-state index is 0.358. The van der Waals surface area contributed by atoms with Gasteiger partial charge in [0.25, 0.3) is 0 Å².